The number of aliphatic carboxylic acids is 1. The summed E-state index contributed by atoms with van der Waals surface area (Å²) in [5, 5.41) is 58.1. The summed E-state index contributed by atoms with van der Waals surface area (Å²) in [5.74, 6) is -3.99. The Morgan fingerprint density at radius 3 is 1.98 bits per heavy atom. The van der Waals surface area contributed by atoms with E-state index >= 15 is 0 Å². The zero-order valence-corrected chi connectivity index (χ0v) is 25.3. The molecular weight excluding hydrogens is 588 g/mol. The predicted octanol–water partition coefficient (Wildman–Crippen LogP) is -1.05. The van der Waals surface area contributed by atoms with E-state index in [1.54, 1.807) is 44.2 Å². The van der Waals surface area contributed by atoms with E-state index in [1.165, 1.54) is 0 Å². The van der Waals surface area contributed by atoms with Crippen molar-refractivity contribution in [3.63, 3.8) is 0 Å². The van der Waals surface area contributed by atoms with Gasteiger partial charge in [-0.15, -0.1) is 0 Å². The Bertz CT molecular complexity index is 1220. The summed E-state index contributed by atoms with van der Waals surface area (Å²) in [6.07, 6.45) is -6.87. The van der Waals surface area contributed by atoms with E-state index in [9.17, 15) is 44.7 Å². The van der Waals surface area contributed by atoms with Gasteiger partial charge in [0.1, 0.15) is 24.3 Å². The highest BCUT2D eigenvalue weighted by molar-refractivity contribution is 5.90. The van der Waals surface area contributed by atoms with Crippen molar-refractivity contribution in [3.8, 4) is 0 Å². The third-order valence-electron chi connectivity index (χ3n) is 6.86. The standard InChI is InChI=1S/C31H44N4O10/c1-18(2)13-23(34-29(42)21(32)17-45-16-19-9-5-3-6-10-19)30(43)35-24(15-36)26(39)27(40)28(41)31(44)33-22(14-25(37)38)20-11-7-4-8-12-20/h3-12,18,21-24,26-28,36,39-41H,13-17,32H2,1-2H3,(H,33,44)(H,34,42)(H,35,43)(H,37,38)/t21-,22-,23-,24-,26+,27+,28-/m0/s1. The number of aliphatic hydroxyl groups is 4. The number of benzene rings is 2. The molecule has 10 N–H and O–H groups in total. The highest BCUT2D eigenvalue weighted by Crippen LogP contribution is 2.18. The van der Waals surface area contributed by atoms with Gasteiger partial charge in [-0.25, -0.2) is 0 Å². The minimum Gasteiger partial charge on any atom is -0.481 e. The maximum Gasteiger partial charge on any atom is 0.305 e. The van der Waals surface area contributed by atoms with Gasteiger partial charge in [-0.3, -0.25) is 19.2 Å². The molecule has 45 heavy (non-hydrogen) atoms. The van der Waals surface area contributed by atoms with E-state index in [1.807, 2.05) is 30.3 Å². The molecule has 248 valence electrons. The summed E-state index contributed by atoms with van der Waals surface area (Å²) in [7, 11) is 0. The fraction of sp³-hybridized carbons (Fsp3) is 0.484. The predicted molar refractivity (Wildman–Crippen MR) is 162 cm³/mol. The Balaban J connectivity index is 2.01. The molecule has 0 unspecified atom stereocenters. The van der Waals surface area contributed by atoms with Gasteiger partial charge in [0.25, 0.3) is 5.91 Å². The van der Waals surface area contributed by atoms with Crippen LogP contribution in [0.5, 0.6) is 0 Å². The Labute approximate surface area is 261 Å². The van der Waals surface area contributed by atoms with Gasteiger partial charge >= 0.3 is 5.97 Å². The third-order valence-corrected chi connectivity index (χ3v) is 6.86. The number of carboxylic acid groups (broad SMARTS) is 1. The molecule has 0 bridgehead atoms. The molecule has 2 aromatic carbocycles. The number of rotatable bonds is 19. The Hall–Kier alpha value is -3.92. The second kappa shape index (κ2) is 18.8. The summed E-state index contributed by atoms with van der Waals surface area (Å²) in [6.45, 7) is 2.81. The SMILES string of the molecule is CC(C)C[C@H](NC(=O)[C@@H](N)COCc1ccccc1)C(=O)N[C@@H](CO)[C@@H](O)[C@@H](O)[C@H](O)C(=O)N[C@@H](CC(=O)O)c1ccccc1. The Morgan fingerprint density at radius 2 is 1.42 bits per heavy atom. The van der Waals surface area contributed by atoms with Gasteiger partial charge in [0, 0.05) is 0 Å². The van der Waals surface area contributed by atoms with Crippen molar-refractivity contribution in [2.45, 2.75) is 75.8 Å². The molecule has 14 heteroatoms. The normalized spacial score (nSPS) is 16.0. The number of hydrogen-bond acceptors (Lipinski definition) is 10. The van der Waals surface area contributed by atoms with Gasteiger partial charge in [-0.05, 0) is 23.5 Å². The first kappa shape index (κ1) is 37.3. The second-order valence-corrected chi connectivity index (χ2v) is 11.1. The molecule has 0 aliphatic heterocycles. The van der Waals surface area contributed by atoms with E-state index in [0.717, 1.165) is 5.56 Å². The van der Waals surface area contributed by atoms with Crippen molar-refractivity contribution < 1.29 is 49.4 Å². The number of aliphatic hydroxyl groups excluding tert-OH is 4. The monoisotopic (exact) mass is 632 g/mol. The van der Waals surface area contributed by atoms with Crippen molar-refractivity contribution in [1.29, 1.82) is 0 Å². The zero-order valence-electron chi connectivity index (χ0n) is 25.3. The number of nitrogens with two attached hydrogens (primary N) is 1. The van der Waals surface area contributed by atoms with Crippen molar-refractivity contribution >= 4 is 23.7 Å². The number of amides is 3. The lowest BCUT2D eigenvalue weighted by Crippen LogP contribution is -2.60. The summed E-state index contributed by atoms with van der Waals surface area (Å²) in [4.78, 5) is 49.9. The molecule has 14 nitrogen and oxygen atoms in total. The summed E-state index contributed by atoms with van der Waals surface area (Å²) >= 11 is 0. The van der Waals surface area contributed by atoms with Crippen LogP contribution in [0.25, 0.3) is 0 Å². The molecule has 7 atom stereocenters. The molecular formula is C31H44N4O10. The van der Waals surface area contributed by atoms with E-state index in [2.05, 4.69) is 16.0 Å². The third kappa shape index (κ3) is 12.5. The quantitative estimate of drug-likeness (QED) is 0.0905. The lowest BCUT2D eigenvalue weighted by atomic mass is 9.98. The van der Waals surface area contributed by atoms with E-state index < -0.39 is 79.2 Å². The van der Waals surface area contributed by atoms with Crippen molar-refractivity contribution in [1.82, 2.24) is 16.0 Å². The molecule has 0 aliphatic rings. The average molecular weight is 633 g/mol. The molecule has 0 spiro atoms. The molecule has 3 amide bonds. The minimum atomic E-state index is -2.26. The average Bonchev–Trinajstić information content (AvgIpc) is 3.02. The highest BCUT2D eigenvalue weighted by Gasteiger charge is 2.37. The van der Waals surface area contributed by atoms with Crippen molar-refractivity contribution in [3.05, 3.63) is 71.8 Å². The van der Waals surface area contributed by atoms with Crippen LogP contribution >= 0.6 is 0 Å². The summed E-state index contributed by atoms with van der Waals surface area (Å²) in [6, 6.07) is 12.5. The van der Waals surface area contributed by atoms with Crippen LogP contribution in [-0.2, 0) is 30.5 Å². The molecule has 0 aliphatic carbocycles. The fourth-order valence-corrected chi connectivity index (χ4v) is 4.41. The number of nitrogens with one attached hydrogen (secondary N) is 3. The number of carbonyl (C=O) groups is 4. The smallest absolute Gasteiger partial charge is 0.305 e. The van der Waals surface area contributed by atoms with Crippen LogP contribution in [0.15, 0.2) is 60.7 Å². The van der Waals surface area contributed by atoms with Crippen LogP contribution in [0.1, 0.15) is 43.9 Å². The Kier molecular flexibility index (Phi) is 15.6. The lowest BCUT2D eigenvalue weighted by Gasteiger charge is -2.31. The first-order valence-electron chi connectivity index (χ1n) is 14.5. The molecule has 0 radical (unpaired) electrons. The van der Waals surface area contributed by atoms with Crippen LogP contribution in [0.4, 0.5) is 0 Å². The van der Waals surface area contributed by atoms with Gasteiger partial charge in [0.15, 0.2) is 6.10 Å². The number of carboxylic acids is 1. The van der Waals surface area contributed by atoms with Crippen LogP contribution in [0.2, 0.25) is 0 Å². The fourth-order valence-electron chi connectivity index (χ4n) is 4.41. The topological polar surface area (TPSA) is 241 Å². The van der Waals surface area contributed by atoms with Gasteiger partial charge in [-0.2, -0.15) is 0 Å². The van der Waals surface area contributed by atoms with Crippen LogP contribution in [0, 0.1) is 5.92 Å². The second-order valence-electron chi connectivity index (χ2n) is 11.1. The maximum absolute atomic E-state index is 13.1. The molecule has 2 aromatic rings. The van der Waals surface area contributed by atoms with E-state index in [0.29, 0.717) is 5.56 Å². The van der Waals surface area contributed by atoms with E-state index in [-0.39, 0.29) is 25.6 Å². The molecule has 0 aromatic heterocycles. The molecule has 0 saturated heterocycles. The van der Waals surface area contributed by atoms with Gasteiger partial charge in [0.2, 0.25) is 11.8 Å². The summed E-state index contributed by atoms with van der Waals surface area (Å²) < 4.78 is 5.51. The van der Waals surface area contributed by atoms with Crippen molar-refractivity contribution in [2.24, 2.45) is 11.7 Å². The molecule has 0 fully saturated rings. The van der Waals surface area contributed by atoms with Gasteiger partial charge < -0.3 is 52.0 Å². The number of ether oxygens (including phenoxy) is 1. The molecule has 0 saturated carbocycles. The van der Waals surface area contributed by atoms with Crippen molar-refractivity contribution in [2.75, 3.05) is 13.2 Å². The first-order chi connectivity index (χ1) is 21.3. The van der Waals surface area contributed by atoms with Gasteiger partial charge in [0.05, 0.1) is 38.3 Å². The minimum absolute atomic E-state index is 0.0800. The number of hydrogen-bond donors (Lipinski definition) is 9. The highest BCUT2D eigenvalue weighted by atomic mass is 16.5. The molecule has 2 rings (SSSR count). The zero-order chi connectivity index (χ0) is 33.5. The summed E-state index contributed by atoms with van der Waals surface area (Å²) in [5.41, 5.74) is 7.27. The van der Waals surface area contributed by atoms with Crippen LogP contribution < -0.4 is 21.7 Å². The van der Waals surface area contributed by atoms with Crippen LogP contribution in [-0.4, -0.2) is 98.9 Å². The van der Waals surface area contributed by atoms with Gasteiger partial charge in [-0.1, -0.05) is 74.5 Å². The van der Waals surface area contributed by atoms with E-state index in [4.69, 9.17) is 10.5 Å². The first-order valence-corrected chi connectivity index (χ1v) is 14.5. The Morgan fingerprint density at radius 1 is 0.822 bits per heavy atom. The maximum atomic E-state index is 13.1. The van der Waals surface area contributed by atoms with Crippen LogP contribution in [0.3, 0.4) is 0 Å². The largest absolute Gasteiger partial charge is 0.481 e. The molecule has 0 heterocycles. The lowest BCUT2D eigenvalue weighted by molar-refractivity contribution is -0.145. The number of carbonyl (C=O) groups excluding carboxylic acids is 3.